The van der Waals surface area contributed by atoms with Gasteiger partial charge in [0, 0.05) is 17.1 Å². The van der Waals surface area contributed by atoms with Crippen LogP contribution in [0.5, 0.6) is 0 Å². The second-order valence-corrected chi connectivity index (χ2v) is 5.51. The molecule has 0 saturated heterocycles. The van der Waals surface area contributed by atoms with Crippen LogP contribution >= 0.6 is 11.5 Å². The maximum atomic E-state index is 6.07. The van der Waals surface area contributed by atoms with Crippen molar-refractivity contribution >= 4 is 11.5 Å². The fourth-order valence-electron chi connectivity index (χ4n) is 2.75. The van der Waals surface area contributed by atoms with Crippen molar-refractivity contribution in [3.8, 4) is 0 Å². The van der Waals surface area contributed by atoms with Crippen LogP contribution in [-0.2, 0) is 0 Å². The Kier molecular flexibility index (Phi) is 3.76. The zero-order valence-electron chi connectivity index (χ0n) is 9.36. The van der Waals surface area contributed by atoms with Gasteiger partial charge in [0.15, 0.2) is 0 Å². The fourth-order valence-corrected chi connectivity index (χ4v) is 3.54. The first-order chi connectivity index (χ1) is 7.31. The second-order valence-electron chi connectivity index (χ2n) is 4.64. The molecule has 2 rings (SSSR count). The summed E-state index contributed by atoms with van der Waals surface area (Å²) in [4.78, 5) is 1.45. The number of hydrogen-bond acceptors (Lipinski definition) is 3. The molecule has 0 aliphatic heterocycles. The number of hydrogen-bond donors (Lipinski definition) is 1. The minimum absolute atomic E-state index is 0.408. The molecule has 1 fully saturated rings. The van der Waals surface area contributed by atoms with E-state index in [1.165, 1.54) is 30.6 Å². The predicted molar refractivity (Wildman–Crippen MR) is 65.1 cm³/mol. The quantitative estimate of drug-likeness (QED) is 0.856. The topological polar surface area (TPSA) is 38.9 Å². The van der Waals surface area contributed by atoms with Crippen molar-refractivity contribution in [2.45, 2.75) is 51.0 Å². The lowest BCUT2D eigenvalue weighted by molar-refractivity contribution is 0.267. The van der Waals surface area contributed by atoms with Crippen LogP contribution in [-0.4, -0.2) is 10.4 Å². The number of nitrogens with two attached hydrogens (primary N) is 1. The maximum absolute atomic E-state index is 6.07. The summed E-state index contributed by atoms with van der Waals surface area (Å²) in [6.45, 7) is 2.28. The van der Waals surface area contributed by atoms with Crippen molar-refractivity contribution in [2.75, 3.05) is 0 Å². The van der Waals surface area contributed by atoms with Gasteiger partial charge >= 0.3 is 0 Å². The molecule has 3 unspecified atom stereocenters. The highest BCUT2D eigenvalue weighted by Crippen LogP contribution is 2.40. The molecule has 0 bridgehead atoms. The molecule has 2 nitrogen and oxygen atoms in total. The standard InChI is InChI=1S/C12H20N2S/c1-2-3-9-4-5-10(13)8-11(9)12-6-7-14-15-12/h6-7,9-11H,2-5,8,13H2,1H3. The van der Waals surface area contributed by atoms with E-state index in [2.05, 4.69) is 17.4 Å². The molecule has 3 heteroatoms. The van der Waals surface area contributed by atoms with Gasteiger partial charge in [-0.2, -0.15) is 0 Å². The van der Waals surface area contributed by atoms with Crippen LogP contribution in [0.2, 0.25) is 0 Å². The molecule has 0 amide bonds. The summed E-state index contributed by atoms with van der Waals surface area (Å²) in [6.07, 6.45) is 8.22. The molecule has 1 aliphatic rings. The molecule has 1 aromatic heterocycles. The fraction of sp³-hybridized carbons (Fsp3) is 0.750. The van der Waals surface area contributed by atoms with Crippen LogP contribution < -0.4 is 5.73 Å². The molecular formula is C12H20N2S. The van der Waals surface area contributed by atoms with E-state index in [1.807, 2.05) is 6.20 Å². The smallest absolute Gasteiger partial charge is 0.0409 e. The van der Waals surface area contributed by atoms with Gasteiger partial charge in [0.05, 0.1) is 0 Å². The average molecular weight is 224 g/mol. The second kappa shape index (κ2) is 5.08. The van der Waals surface area contributed by atoms with Crippen molar-refractivity contribution in [2.24, 2.45) is 11.7 Å². The van der Waals surface area contributed by atoms with E-state index >= 15 is 0 Å². The Morgan fingerprint density at radius 3 is 3.07 bits per heavy atom. The zero-order chi connectivity index (χ0) is 10.7. The summed E-state index contributed by atoms with van der Waals surface area (Å²) < 4.78 is 4.22. The van der Waals surface area contributed by atoms with E-state index in [-0.39, 0.29) is 0 Å². The lowest BCUT2D eigenvalue weighted by Gasteiger charge is -2.34. The van der Waals surface area contributed by atoms with Crippen LogP contribution in [0.25, 0.3) is 0 Å². The highest BCUT2D eigenvalue weighted by molar-refractivity contribution is 7.05. The van der Waals surface area contributed by atoms with Gasteiger partial charge in [-0.1, -0.05) is 19.8 Å². The molecule has 0 aromatic carbocycles. The molecule has 1 heterocycles. The monoisotopic (exact) mass is 224 g/mol. The third-order valence-electron chi connectivity index (χ3n) is 3.52. The van der Waals surface area contributed by atoms with Crippen molar-refractivity contribution in [3.63, 3.8) is 0 Å². The van der Waals surface area contributed by atoms with Gasteiger partial charge in [0.25, 0.3) is 0 Å². The van der Waals surface area contributed by atoms with Crippen molar-refractivity contribution < 1.29 is 0 Å². The van der Waals surface area contributed by atoms with E-state index in [0.29, 0.717) is 12.0 Å². The lowest BCUT2D eigenvalue weighted by Crippen LogP contribution is -2.31. The van der Waals surface area contributed by atoms with Crippen LogP contribution in [0.3, 0.4) is 0 Å². The maximum Gasteiger partial charge on any atom is 0.0409 e. The Balaban J connectivity index is 2.09. The number of aromatic nitrogens is 1. The molecule has 2 N–H and O–H groups in total. The third-order valence-corrected chi connectivity index (χ3v) is 4.39. The molecular weight excluding hydrogens is 204 g/mol. The summed E-state index contributed by atoms with van der Waals surface area (Å²) in [5, 5.41) is 0. The highest BCUT2D eigenvalue weighted by atomic mass is 32.1. The van der Waals surface area contributed by atoms with Crippen LogP contribution in [0.4, 0.5) is 0 Å². The Bertz CT molecular complexity index is 284. The Hall–Kier alpha value is -0.410. The summed E-state index contributed by atoms with van der Waals surface area (Å²) in [7, 11) is 0. The van der Waals surface area contributed by atoms with Crippen LogP contribution in [0, 0.1) is 5.92 Å². The molecule has 1 aliphatic carbocycles. The lowest BCUT2D eigenvalue weighted by atomic mass is 9.74. The molecule has 84 valence electrons. The number of nitrogens with zero attached hydrogens (tertiary/aromatic N) is 1. The van der Waals surface area contributed by atoms with E-state index in [0.717, 1.165) is 12.3 Å². The first kappa shape index (κ1) is 11.1. The van der Waals surface area contributed by atoms with Gasteiger partial charge in [0.1, 0.15) is 0 Å². The van der Waals surface area contributed by atoms with Crippen molar-refractivity contribution in [1.82, 2.24) is 4.37 Å². The van der Waals surface area contributed by atoms with Crippen LogP contribution in [0.15, 0.2) is 12.3 Å². The molecule has 3 atom stereocenters. The van der Waals surface area contributed by atoms with Gasteiger partial charge in [0.2, 0.25) is 0 Å². The summed E-state index contributed by atoms with van der Waals surface area (Å²) in [5.74, 6) is 1.52. The molecule has 0 radical (unpaired) electrons. The van der Waals surface area contributed by atoms with Crippen LogP contribution in [0.1, 0.15) is 49.8 Å². The minimum Gasteiger partial charge on any atom is -0.328 e. The third kappa shape index (κ3) is 2.58. The Morgan fingerprint density at radius 2 is 2.40 bits per heavy atom. The molecule has 0 spiro atoms. The van der Waals surface area contributed by atoms with Crippen molar-refractivity contribution in [1.29, 1.82) is 0 Å². The van der Waals surface area contributed by atoms with E-state index in [1.54, 1.807) is 11.5 Å². The van der Waals surface area contributed by atoms with E-state index in [4.69, 9.17) is 5.73 Å². The summed E-state index contributed by atoms with van der Waals surface area (Å²) >= 11 is 1.66. The molecule has 15 heavy (non-hydrogen) atoms. The first-order valence-corrected chi connectivity index (χ1v) is 6.74. The summed E-state index contributed by atoms with van der Waals surface area (Å²) in [6, 6.07) is 2.58. The Morgan fingerprint density at radius 1 is 1.53 bits per heavy atom. The zero-order valence-corrected chi connectivity index (χ0v) is 10.2. The SMILES string of the molecule is CCCC1CCC(N)CC1c1ccns1. The number of rotatable bonds is 3. The summed E-state index contributed by atoms with van der Waals surface area (Å²) in [5.41, 5.74) is 6.07. The van der Waals surface area contributed by atoms with Crippen molar-refractivity contribution in [3.05, 3.63) is 17.1 Å². The van der Waals surface area contributed by atoms with Gasteiger partial charge in [-0.25, -0.2) is 4.37 Å². The largest absolute Gasteiger partial charge is 0.328 e. The van der Waals surface area contributed by atoms with Gasteiger partial charge < -0.3 is 5.73 Å². The first-order valence-electron chi connectivity index (χ1n) is 5.97. The normalized spacial score (nSPS) is 31.7. The van der Waals surface area contributed by atoms with Gasteiger partial charge in [-0.15, -0.1) is 0 Å². The molecule has 1 aromatic rings. The molecule has 1 saturated carbocycles. The van der Waals surface area contributed by atoms with E-state index in [9.17, 15) is 0 Å². The van der Waals surface area contributed by atoms with Gasteiger partial charge in [-0.3, -0.25) is 0 Å². The van der Waals surface area contributed by atoms with Gasteiger partial charge in [-0.05, 0) is 48.7 Å². The van der Waals surface area contributed by atoms with E-state index < -0.39 is 0 Å². The highest BCUT2D eigenvalue weighted by Gasteiger charge is 2.30. The minimum atomic E-state index is 0.408. The Labute approximate surface area is 96.1 Å². The average Bonchev–Trinajstić information content (AvgIpc) is 2.74. The predicted octanol–water partition coefficient (Wildman–Crippen LogP) is 3.15.